The summed E-state index contributed by atoms with van der Waals surface area (Å²) in [5.74, 6) is 0.438. The van der Waals surface area contributed by atoms with Gasteiger partial charge < -0.3 is 5.11 Å². The van der Waals surface area contributed by atoms with Crippen molar-refractivity contribution in [3.8, 4) is 0 Å². The average Bonchev–Trinajstić information content (AvgIpc) is 2.94. The van der Waals surface area contributed by atoms with Gasteiger partial charge in [0.05, 0.1) is 6.04 Å². The van der Waals surface area contributed by atoms with Crippen molar-refractivity contribution in [3.63, 3.8) is 0 Å². The van der Waals surface area contributed by atoms with Gasteiger partial charge in [0.15, 0.2) is 11.4 Å². The standard InChI is InChI=1S/C15H21F3N4O2/c1-20-8-4-12(19-20)22-7-2-3-11(13(22)23)21-9-5-14(24,6-10-21)15(16,17)18/h4,8,11,24H,2-3,5-7,9-10H2,1H3. The summed E-state index contributed by atoms with van der Waals surface area (Å²) in [6, 6.07) is 1.30. The van der Waals surface area contributed by atoms with Crippen molar-refractivity contribution < 1.29 is 23.1 Å². The van der Waals surface area contributed by atoms with Crippen LogP contribution in [0.5, 0.6) is 0 Å². The van der Waals surface area contributed by atoms with Crippen LogP contribution in [0.3, 0.4) is 0 Å². The molecular weight excluding hydrogens is 325 g/mol. The molecule has 3 heterocycles. The minimum absolute atomic E-state index is 0.0580. The number of anilines is 1. The Morgan fingerprint density at radius 1 is 1.29 bits per heavy atom. The van der Waals surface area contributed by atoms with Gasteiger partial charge in [0, 0.05) is 38.9 Å². The number of likely N-dealkylation sites (tertiary alicyclic amines) is 1. The molecule has 2 aliphatic rings. The molecule has 9 heteroatoms. The van der Waals surface area contributed by atoms with E-state index in [9.17, 15) is 23.1 Å². The van der Waals surface area contributed by atoms with Crippen molar-refractivity contribution in [3.05, 3.63) is 12.3 Å². The Bertz CT molecular complexity index is 608. The Balaban J connectivity index is 1.68. The normalized spacial score (nSPS) is 26.0. The molecule has 1 aromatic heterocycles. The van der Waals surface area contributed by atoms with E-state index in [0.29, 0.717) is 18.8 Å². The highest BCUT2D eigenvalue weighted by molar-refractivity contribution is 5.97. The first-order chi connectivity index (χ1) is 11.2. The lowest BCUT2D eigenvalue weighted by molar-refractivity contribution is -0.273. The van der Waals surface area contributed by atoms with Crippen LogP contribution in [-0.2, 0) is 11.8 Å². The largest absolute Gasteiger partial charge is 0.417 e. The summed E-state index contributed by atoms with van der Waals surface area (Å²) in [5, 5.41) is 14.0. The quantitative estimate of drug-likeness (QED) is 0.877. The van der Waals surface area contributed by atoms with E-state index in [1.165, 1.54) is 0 Å². The van der Waals surface area contributed by atoms with Crippen molar-refractivity contribution in [2.24, 2.45) is 7.05 Å². The fourth-order valence-corrected chi connectivity index (χ4v) is 3.46. The fraction of sp³-hybridized carbons (Fsp3) is 0.733. The number of carbonyl (C=O) groups is 1. The molecule has 1 amide bonds. The summed E-state index contributed by atoms with van der Waals surface area (Å²) in [6.45, 7) is 0.678. The number of halogens is 3. The molecule has 0 aliphatic carbocycles. The molecule has 1 unspecified atom stereocenters. The van der Waals surface area contributed by atoms with Gasteiger partial charge in [0.25, 0.3) is 0 Å². The monoisotopic (exact) mass is 346 g/mol. The van der Waals surface area contributed by atoms with Crippen LogP contribution in [0.1, 0.15) is 25.7 Å². The first-order valence-corrected chi connectivity index (χ1v) is 8.05. The number of aryl methyl sites for hydroxylation is 1. The molecule has 0 spiro atoms. The van der Waals surface area contributed by atoms with Gasteiger partial charge >= 0.3 is 6.18 Å². The van der Waals surface area contributed by atoms with Gasteiger partial charge in [0.1, 0.15) is 0 Å². The molecule has 2 aliphatic heterocycles. The van der Waals surface area contributed by atoms with Crippen LogP contribution < -0.4 is 4.90 Å². The maximum atomic E-state index is 12.9. The molecule has 6 nitrogen and oxygen atoms in total. The highest BCUT2D eigenvalue weighted by Crippen LogP contribution is 2.39. The third-order valence-corrected chi connectivity index (χ3v) is 4.98. The highest BCUT2D eigenvalue weighted by Gasteiger charge is 2.55. The number of hydrogen-bond acceptors (Lipinski definition) is 4. The van der Waals surface area contributed by atoms with Crippen molar-refractivity contribution >= 4 is 11.7 Å². The van der Waals surface area contributed by atoms with E-state index in [2.05, 4.69) is 5.10 Å². The first-order valence-electron chi connectivity index (χ1n) is 8.05. The third-order valence-electron chi connectivity index (χ3n) is 4.98. The van der Waals surface area contributed by atoms with Gasteiger partial charge in [0.2, 0.25) is 5.91 Å². The molecule has 0 radical (unpaired) electrons. The van der Waals surface area contributed by atoms with E-state index in [1.807, 2.05) is 0 Å². The minimum Gasteiger partial charge on any atom is -0.380 e. The van der Waals surface area contributed by atoms with Gasteiger partial charge in [-0.05, 0) is 25.7 Å². The van der Waals surface area contributed by atoms with Crippen molar-refractivity contribution in [1.82, 2.24) is 14.7 Å². The zero-order chi connectivity index (χ0) is 17.5. The Kier molecular flexibility index (Phi) is 4.33. The average molecular weight is 346 g/mol. The minimum atomic E-state index is -4.63. The second kappa shape index (κ2) is 6.03. The van der Waals surface area contributed by atoms with Crippen LogP contribution in [-0.4, -0.2) is 63.1 Å². The molecule has 24 heavy (non-hydrogen) atoms. The van der Waals surface area contributed by atoms with Crippen LogP contribution in [0.4, 0.5) is 19.0 Å². The lowest BCUT2D eigenvalue weighted by Crippen LogP contribution is -2.59. The lowest BCUT2D eigenvalue weighted by Gasteiger charge is -2.44. The second-order valence-corrected chi connectivity index (χ2v) is 6.56. The zero-order valence-electron chi connectivity index (χ0n) is 13.5. The van der Waals surface area contributed by atoms with E-state index in [4.69, 9.17) is 0 Å². The van der Waals surface area contributed by atoms with Gasteiger partial charge in [-0.1, -0.05) is 0 Å². The number of carbonyl (C=O) groups excluding carboxylic acids is 1. The Morgan fingerprint density at radius 3 is 2.50 bits per heavy atom. The lowest BCUT2D eigenvalue weighted by atomic mass is 9.89. The maximum Gasteiger partial charge on any atom is 0.417 e. The summed E-state index contributed by atoms with van der Waals surface area (Å²) in [5.41, 5.74) is -2.64. The molecule has 134 valence electrons. The molecule has 2 fully saturated rings. The Labute approximate surface area is 137 Å². The number of amides is 1. The Hall–Kier alpha value is -1.61. The van der Waals surface area contributed by atoms with Gasteiger partial charge in [-0.25, -0.2) is 0 Å². The number of nitrogens with zero attached hydrogens (tertiary/aromatic N) is 4. The maximum absolute atomic E-state index is 12.9. The summed E-state index contributed by atoms with van der Waals surface area (Å²) in [7, 11) is 1.76. The number of aromatic nitrogens is 2. The van der Waals surface area contributed by atoms with Crippen LogP contribution in [0.15, 0.2) is 12.3 Å². The van der Waals surface area contributed by atoms with E-state index in [1.54, 1.807) is 33.8 Å². The highest BCUT2D eigenvalue weighted by atomic mass is 19.4. The van der Waals surface area contributed by atoms with Crippen molar-refractivity contribution in [2.75, 3.05) is 24.5 Å². The van der Waals surface area contributed by atoms with Gasteiger partial charge in [-0.2, -0.15) is 18.3 Å². The second-order valence-electron chi connectivity index (χ2n) is 6.56. The summed E-state index contributed by atoms with van der Waals surface area (Å²) in [4.78, 5) is 16.1. The zero-order valence-corrected chi connectivity index (χ0v) is 13.5. The molecular formula is C15H21F3N4O2. The van der Waals surface area contributed by atoms with E-state index in [-0.39, 0.29) is 19.0 Å². The molecule has 2 saturated heterocycles. The number of rotatable bonds is 2. The van der Waals surface area contributed by atoms with Crippen LogP contribution in [0.25, 0.3) is 0 Å². The summed E-state index contributed by atoms with van der Waals surface area (Å²) in [6.07, 6.45) is -2.29. The third kappa shape index (κ3) is 3.02. The van der Waals surface area contributed by atoms with E-state index in [0.717, 1.165) is 6.42 Å². The van der Waals surface area contributed by atoms with Gasteiger partial charge in [-0.3, -0.25) is 19.3 Å². The molecule has 0 aromatic carbocycles. The van der Waals surface area contributed by atoms with E-state index >= 15 is 0 Å². The SMILES string of the molecule is Cn1ccc(N2CCCC(N3CCC(O)(C(F)(F)F)CC3)C2=O)n1. The number of hydrogen-bond donors (Lipinski definition) is 1. The topological polar surface area (TPSA) is 61.6 Å². The number of piperidine rings is 2. The molecule has 0 saturated carbocycles. The molecule has 1 N–H and O–H groups in total. The Morgan fingerprint density at radius 2 is 1.96 bits per heavy atom. The predicted molar refractivity (Wildman–Crippen MR) is 80.4 cm³/mol. The molecule has 1 atom stereocenters. The molecule has 3 rings (SSSR count). The van der Waals surface area contributed by atoms with Crippen LogP contribution in [0.2, 0.25) is 0 Å². The summed E-state index contributed by atoms with van der Waals surface area (Å²) < 4.78 is 40.3. The predicted octanol–water partition coefficient (Wildman–Crippen LogP) is 1.30. The fourth-order valence-electron chi connectivity index (χ4n) is 3.46. The smallest absolute Gasteiger partial charge is 0.380 e. The first kappa shape index (κ1) is 17.2. The van der Waals surface area contributed by atoms with Crippen molar-refractivity contribution in [1.29, 1.82) is 0 Å². The van der Waals surface area contributed by atoms with Crippen LogP contribution in [0, 0.1) is 0 Å². The van der Waals surface area contributed by atoms with Crippen LogP contribution >= 0.6 is 0 Å². The van der Waals surface area contributed by atoms with E-state index < -0.39 is 30.7 Å². The number of aliphatic hydroxyl groups is 1. The van der Waals surface area contributed by atoms with Crippen molar-refractivity contribution in [2.45, 2.75) is 43.5 Å². The summed E-state index contributed by atoms with van der Waals surface area (Å²) >= 11 is 0. The molecule has 0 bridgehead atoms. The molecule has 1 aromatic rings. The van der Waals surface area contributed by atoms with Gasteiger partial charge in [-0.15, -0.1) is 0 Å². The number of alkyl halides is 3.